The number of aromatic nitrogens is 3. The second-order valence-electron chi connectivity index (χ2n) is 13.5. The first-order valence-electron chi connectivity index (χ1n) is 17.4. The van der Waals surface area contributed by atoms with Crippen molar-refractivity contribution in [1.29, 1.82) is 5.26 Å². The van der Waals surface area contributed by atoms with Crippen molar-refractivity contribution in [2.24, 2.45) is 17.3 Å². The molecular weight excluding hydrogens is 900 g/mol. The van der Waals surface area contributed by atoms with Crippen LogP contribution < -0.4 is 15.4 Å². The predicted octanol–water partition coefficient (Wildman–Crippen LogP) is 10.8. The van der Waals surface area contributed by atoms with Crippen LogP contribution in [0, 0.1) is 35.5 Å². The van der Waals surface area contributed by atoms with E-state index in [2.05, 4.69) is 36.6 Å². The first-order chi connectivity index (χ1) is 27.8. The number of nitrogens with one attached hydrogen (secondary N) is 2. The van der Waals surface area contributed by atoms with Gasteiger partial charge in [0.15, 0.2) is 5.82 Å². The fourth-order valence-corrected chi connectivity index (χ4v) is 7.01. The number of anilines is 1. The molecule has 0 bridgehead atoms. The number of benzene rings is 3. The zero-order valence-electron chi connectivity index (χ0n) is 31.4. The van der Waals surface area contributed by atoms with Gasteiger partial charge in [-0.25, -0.2) is 9.67 Å². The van der Waals surface area contributed by atoms with Crippen LogP contribution in [0.3, 0.4) is 0 Å². The average Bonchev–Trinajstić information content (AvgIpc) is 3.50. The monoisotopic (exact) mass is 930 g/mol. The van der Waals surface area contributed by atoms with E-state index in [4.69, 9.17) is 44.3 Å². The number of aryl methyl sites for hydroxylation is 1. The Labute approximate surface area is 360 Å². The molecule has 1 unspecified atom stereocenters. The van der Waals surface area contributed by atoms with Crippen LogP contribution in [0.4, 0.5) is 18.9 Å². The molecule has 11 nitrogen and oxygen atoms in total. The SMILES string of the molecule is CC1(C)[C@H](C(=O)OC(C#N)c2cccc(Oc3ccccc3)c2)[C@@H]1/C=C(\Cl)C(F)(F)F.CNC(=O)c1cc(Cl)cc(C)c1NC(=O)c1cc(Br)nn1-c1ncccc1Cl. The third-order valence-corrected chi connectivity index (χ3v) is 10.4. The second-order valence-corrected chi connectivity index (χ2v) is 15.6. The van der Waals surface area contributed by atoms with Gasteiger partial charge < -0.3 is 20.1 Å². The first kappa shape index (κ1) is 44.7. The number of pyridine rings is 1. The number of carbonyl (C=O) groups excluding carboxylic acids is 3. The van der Waals surface area contributed by atoms with Crippen molar-refractivity contribution in [3.63, 3.8) is 0 Å². The van der Waals surface area contributed by atoms with Crippen LogP contribution in [0.25, 0.3) is 5.82 Å². The Bertz CT molecular complexity index is 2460. The standard InChI is InChI=1S/C23H19ClF3NO3.C18H14BrCl2N5O2/c1-22(2)17(12-19(24)23(25,26)27)20(22)21(29)31-18(13-28)14-7-6-10-16(11-14)30-15-8-4-3-5-9-15;1-9-6-10(20)7-11(17(27)22-2)15(9)24-18(28)13-8-14(19)25-26(13)16-12(21)4-3-5-23-16/h3-12,17-18,20H,1-2H3;3-8H,1-2H3,(H,22,27)(H,24,28)/b19-12-;/t17-,18?,20-;/m0./s1. The Morgan fingerprint density at radius 3 is 2.34 bits per heavy atom. The summed E-state index contributed by atoms with van der Waals surface area (Å²) in [6, 6.07) is 25.4. The van der Waals surface area contributed by atoms with Gasteiger partial charge in [0.1, 0.15) is 32.9 Å². The molecule has 3 atom stereocenters. The van der Waals surface area contributed by atoms with Crippen LogP contribution in [0.15, 0.2) is 107 Å². The molecule has 1 fully saturated rings. The molecule has 0 spiro atoms. The largest absolute Gasteiger partial charge is 0.457 e. The number of hydrogen-bond donors (Lipinski definition) is 2. The molecule has 0 aliphatic heterocycles. The first-order valence-corrected chi connectivity index (χ1v) is 19.4. The molecule has 1 aliphatic carbocycles. The maximum Gasteiger partial charge on any atom is 0.426 e. The minimum atomic E-state index is -4.68. The van der Waals surface area contributed by atoms with Crippen molar-refractivity contribution in [2.45, 2.75) is 33.1 Å². The third kappa shape index (κ3) is 10.8. The van der Waals surface area contributed by atoms with Gasteiger partial charge in [0.2, 0.25) is 6.10 Å². The van der Waals surface area contributed by atoms with Gasteiger partial charge in [-0.2, -0.15) is 23.5 Å². The number of nitriles is 1. The fourth-order valence-electron chi connectivity index (χ4n) is 6.02. The maximum atomic E-state index is 13.0. The van der Waals surface area contributed by atoms with E-state index >= 15 is 0 Å². The maximum absolute atomic E-state index is 13.0. The lowest BCUT2D eigenvalue weighted by Crippen LogP contribution is -2.23. The summed E-state index contributed by atoms with van der Waals surface area (Å²) < 4.78 is 51.0. The lowest BCUT2D eigenvalue weighted by Gasteiger charge is -2.14. The zero-order chi connectivity index (χ0) is 43.2. The van der Waals surface area contributed by atoms with Gasteiger partial charge in [-0.05, 0) is 88.3 Å². The van der Waals surface area contributed by atoms with Crippen molar-refractivity contribution in [2.75, 3.05) is 12.4 Å². The summed E-state index contributed by atoms with van der Waals surface area (Å²) in [7, 11) is 1.50. The van der Waals surface area contributed by atoms with E-state index < -0.39 is 46.4 Å². The van der Waals surface area contributed by atoms with Gasteiger partial charge >= 0.3 is 12.1 Å². The van der Waals surface area contributed by atoms with E-state index in [-0.39, 0.29) is 17.2 Å². The number of nitrogens with zero attached hydrogens (tertiary/aromatic N) is 4. The lowest BCUT2D eigenvalue weighted by atomic mass is 10.1. The molecule has 2 N–H and O–H groups in total. The molecule has 3 aromatic carbocycles. The highest BCUT2D eigenvalue weighted by Gasteiger charge is 2.62. The number of para-hydroxylation sites is 1. The fraction of sp³-hybridized carbons (Fsp3) is 0.220. The van der Waals surface area contributed by atoms with Crippen LogP contribution in [-0.2, 0) is 9.53 Å². The second kappa shape index (κ2) is 18.7. The van der Waals surface area contributed by atoms with Crippen LogP contribution in [0.2, 0.25) is 10.0 Å². The Kier molecular flexibility index (Phi) is 14.1. The Balaban J connectivity index is 0.000000225. The van der Waals surface area contributed by atoms with Crippen molar-refractivity contribution < 1.29 is 37.0 Å². The zero-order valence-corrected chi connectivity index (χ0v) is 35.3. The normalized spacial score (nSPS) is 16.1. The van der Waals surface area contributed by atoms with Gasteiger partial charge in [-0.15, -0.1) is 0 Å². The molecular formula is C41H33BrCl3F3N6O5. The van der Waals surface area contributed by atoms with E-state index in [1.54, 1.807) is 81.6 Å². The highest BCUT2D eigenvalue weighted by Crippen LogP contribution is 2.60. The summed E-state index contributed by atoms with van der Waals surface area (Å²) in [5, 5.41) is 18.5. The van der Waals surface area contributed by atoms with Crippen LogP contribution >= 0.6 is 50.7 Å². The number of rotatable bonds is 10. The number of amides is 2. The van der Waals surface area contributed by atoms with Gasteiger partial charge in [0.25, 0.3) is 11.8 Å². The van der Waals surface area contributed by atoms with E-state index in [9.17, 15) is 32.8 Å². The molecule has 18 heteroatoms. The summed E-state index contributed by atoms with van der Waals surface area (Å²) in [5.74, 6) is -1.83. The third-order valence-electron chi connectivity index (χ3n) is 9.11. The Hall–Kier alpha value is -5.40. The van der Waals surface area contributed by atoms with E-state index in [0.717, 1.165) is 6.08 Å². The summed E-state index contributed by atoms with van der Waals surface area (Å²) >= 11 is 20.8. The number of esters is 1. The number of allylic oxidation sites excluding steroid dienone is 2. The Morgan fingerprint density at radius 1 is 1.00 bits per heavy atom. The molecule has 5 aromatic rings. The summed E-state index contributed by atoms with van der Waals surface area (Å²) in [5.41, 5.74) is 1.06. The van der Waals surface area contributed by atoms with Crippen LogP contribution in [0.1, 0.15) is 51.9 Å². The van der Waals surface area contributed by atoms with Crippen molar-refractivity contribution >= 4 is 74.2 Å². The summed E-state index contributed by atoms with van der Waals surface area (Å²) in [4.78, 5) is 42.0. The number of carbonyl (C=O) groups is 3. The summed E-state index contributed by atoms with van der Waals surface area (Å²) in [6.07, 6.45) is -3.52. The highest BCUT2D eigenvalue weighted by atomic mass is 79.9. The van der Waals surface area contributed by atoms with Gasteiger partial charge in [-0.1, -0.05) is 85.1 Å². The van der Waals surface area contributed by atoms with Crippen molar-refractivity contribution in [3.05, 3.63) is 139 Å². The van der Waals surface area contributed by atoms with Gasteiger partial charge in [0.05, 0.1) is 22.2 Å². The minimum absolute atomic E-state index is 0.185. The van der Waals surface area contributed by atoms with E-state index in [1.807, 2.05) is 24.3 Å². The van der Waals surface area contributed by atoms with Crippen LogP contribution in [-0.4, -0.2) is 45.8 Å². The van der Waals surface area contributed by atoms with Gasteiger partial charge in [-0.3, -0.25) is 14.4 Å². The molecule has 2 heterocycles. The Morgan fingerprint density at radius 2 is 1.69 bits per heavy atom. The molecule has 0 saturated heterocycles. The van der Waals surface area contributed by atoms with E-state index in [1.165, 1.54) is 23.9 Å². The number of alkyl halides is 3. The molecule has 0 radical (unpaired) electrons. The van der Waals surface area contributed by atoms with E-state index in [0.29, 0.717) is 48.8 Å². The smallest absolute Gasteiger partial charge is 0.426 e. The van der Waals surface area contributed by atoms with Crippen molar-refractivity contribution in [3.8, 4) is 23.4 Å². The average molecular weight is 933 g/mol. The van der Waals surface area contributed by atoms with Crippen LogP contribution in [0.5, 0.6) is 11.5 Å². The predicted molar refractivity (Wildman–Crippen MR) is 220 cm³/mol. The summed E-state index contributed by atoms with van der Waals surface area (Å²) in [6.45, 7) is 5.05. The number of halogens is 7. The molecule has 59 heavy (non-hydrogen) atoms. The minimum Gasteiger partial charge on any atom is -0.457 e. The molecule has 1 aliphatic rings. The number of hydrogen-bond acceptors (Lipinski definition) is 8. The molecule has 2 aromatic heterocycles. The lowest BCUT2D eigenvalue weighted by molar-refractivity contribution is -0.149. The molecule has 6 rings (SSSR count). The van der Waals surface area contributed by atoms with Crippen molar-refractivity contribution in [1.82, 2.24) is 20.1 Å². The molecule has 2 amide bonds. The number of ether oxygens (including phenoxy) is 2. The molecule has 306 valence electrons. The quantitative estimate of drug-likeness (QED) is 0.132. The van der Waals surface area contributed by atoms with Gasteiger partial charge in [0, 0.05) is 29.9 Å². The topological polar surface area (TPSA) is 148 Å². The molecule has 1 saturated carbocycles. The highest BCUT2D eigenvalue weighted by molar-refractivity contribution is 9.10.